The monoisotopic (exact) mass is 368 g/mol. The molecule has 17 heavy (non-hydrogen) atoms. The van der Waals surface area contributed by atoms with Crippen LogP contribution >= 0.6 is 22.6 Å². The number of alkyl halides is 5. The van der Waals surface area contributed by atoms with E-state index in [2.05, 4.69) is 9.72 Å². The maximum absolute atomic E-state index is 12.6. The van der Waals surface area contributed by atoms with Crippen molar-refractivity contribution in [2.75, 3.05) is 0 Å². The molecule has 3 nitrogen and oxygen atoms in total. The van der Waals surface area contributed by atoms with Gasteiger partial charge < -0.3 is 10.5 Å². The van der Waals surface area contributed by atoms with E-state index < -0.39 is 24.2 Å². The van der Waals surface area contributed by atoms with Crippen LogP contribution in [0.4, 0.5) is 22.0 Å². The number of hydrogen-bond acceptors (Lipinski definition) is 3. The van der Waals surface area contributed by atoms with Gasteiger partial charge in [-0.1, -0.05) is 0 Å². The first-order valence-electron chi connectivity index (χ1n) is 4.18. The van der Waals surface area contributed by atoms with Gasteiger partial charge in [0.15, 0.2) is 0 Å². The molecule has 9 heteroatoms. The molecule has 0 bridgehead atoms. The van der Waals surface area contributed by atoms with Crippen molar-refractivity contribution in [1.82, 2.24) is 4.98 Å². The number of nitrogens with two attached hydrogens (primary N) is 1. The van der Waals surface area contributed by atoms with E-state index in [-0.39, 0.29) is 15.8 Å². The highest BCUT2D eigenvalue weighted by molar-refractivity contribution is 14.1. The predicted octanol–water partition coefficient (Wildman–Crippen LogP) is 2.98. The van der Waals surface area contributed by atoms with Gasteiger partial charge in [0.1, 0.15) is 3.70 Å². The van der Waals surface area contributed by atoms with E-state index in [9.17, 15) is 22.0 Å². The largest absolute Gasteiger partial charge is 0.574 e. The molecule has 1 heterocycles. The Morgan fingerprint density at radius 3 is 2.41 bits per heavy atom. The molecule has 0 saturated carbocycles. The van der Waals surface area contributed by atoms with E-state index in [4.69, 9.17) is 5.73 Å². The van der Waals surface area contributed by atoms with Crippen LogP contribution in [0.15, 0.2) is 6.07 Å². The Kier molecular flexibility index (Phi) is 4.47. The standard InChI is InChI=1S/C8H6F5IN2O/c9-6(10)5-3(2-15)1-4(14)16-7(5)17-8(11,12)13/h1,6H,2,15H2. The van der Waals surface area contributed by atoms with E-state index in [1.54, 1.807) is 22.6 Å². The van der Waals surface area contributed by atoms with Crippen molar-refractivity contribution >= 4 is 22.6 Å². The van der Waals surface area contributed by atoms with Crippen molar-refractivity contribution in [2.24, 2.45) is 5.73 Å². The quantitative estimate of drug-likeness (QED) is 0.507. The highest BCUT2D eigenvalue weighted by Crippen LogP contribution is 2.34. The first-order valence-corrected chi connectivity index (χ1v) is 5.25. The van der Waals surface area contributed by atoms with Crippen LogP contribution in [0.25, 0.3) is 0 Å². The maximum atomic E-state index is 12.6. The third-order valence-corrected chi connectivity index (χ3v) is 2.28. The minimum atomic E-state index is -5.08. The van der Waals surface area contributed by atoms with Crippen LogP contribution in [0.1, 0.15) is 17.6 Å². The third kappa shape index (κ3) is 3.91. The number of rotatable bonds is 3. The van der Waals surface area contributed by atoms with Gasteiger partial charge in [-0.2, -0.15) is 0 Å². The molecule has 0 saturated heterocycles. The SMILES string of the molecule is NCc1cc(I)nc(OC(F)(F)F)c1C(F)F. The van der Waals surface area contributed by atoms with Crippen molar-refractivity contribution in [3.05, 3.63) is 20.9 Å². The lowest BCUT2D eigenvalue weighted by molar-refractivity contribution is -0.276. The number of ether oxygens (including phenoxy) is 1. The fourth-order valence-corrected chi connectivity index (χ4v) is 1.73. The second-order valence-electron chi connectivity index (χ2n) is 2.88. The Morgan fingerprint density at radius 1 is 1.41 bits per heavy atom. The maximum Gasteiger partial charge on any atom is 0.574 e. The molecule has 0 amide bonds. The third-order valence-electron chi connectivity index (χ3n) is 1.73. The summed E-state index contributed by atoms with van der Waals surface area (Å²) in [4.78, 5) is 3.30. The minimum absolute atomic E-state index is 0.0895. The fourth-order valence-electron chi connectivity index (χ4n) is 1.14. The van der Waals surface area contributed by atoms with Gasteiger partial charge in [-0.25, -0.2) is 13.8 Å². The summed E-state index contributed by atoms with van der Waals surface area (Å²) in [6.45, 7) is -0.327. The average Bonchev–Trinajstić information content (AvgIpc) is 2.12. The molecule has 0 aliphatic carbocycles. The summed E-state index contributed by atoms with van der Waals surface area (Å²) >= 11 is 1.59. The number of aromatic nitrogens is 1. The number of nitrogens with zero attached hydrogens (tertiary/aromatic N) is 1. The van der Waals surface area contributed by atoms with E-state index in [0.29, 0.717) is 0 Å². The lowest BCUT2D eigenvalue weighted by Gasteiger charge is -2.15. The van der Waals surface area contributed by atoms with Gasteiger partial charge in [-0.3, -0.25) is 0 Å². The summed E-state index contributed by atoms with van der Waals surface area (Å²) in [7, 11) is 0. The second-order valence-corrected chi connectivity index (χ2v) is 3.98. The number of halogens is 6. The molecule has 1 aromatic heterocycles. The van der Waals surface area contributed by atoms with Crippen LogP contribution in [-0.4, -0.2) is 11.3 Å². The van der Waals surface area contributed by atoms with Crippen LogP contribution < -0.4 is 10.5 Å². The Labute approximate surface area is 106 Å². The zero-order valence-corrected chi connectivity index (χ0v) is 10.2. The molecule has 0 aliphatic rings. The topological polar surface area (TPSA) is 48.1 Å². The van der Waals surface area contributed by atoms with Gasteiger partial charge in [0, 0.05) is 6.54 Å². The second kappa shape index (κ2) is 5.29. The highest BCUT2D eigenvalue weighted by atomic mass is 127. The summed E-state index contributed by atoms with van der Waals surface area (Å²) < 4.78 is 64.9. The molecule has 0 fully saturated rings. The smallest absolute Gasteiger partial charge is 0.387 e. The molecule has 0 atom stereocenters. The van der Waals surface area contributed by atoms with E-state index >= 15 is 0 Å². The van der Waals surface area contributed by atoms with Gasteiger partial charge in [0.05, 0.1) is 5.56 Å². The first-order chi connectivity index (χ1) is 7.74. The molecule has 2 N–H and O–H groups in total. The van der Waals surface area contributed by atoms with Crippen molar-refractivity contribution in [3.8, 4) is 5.88 Å². The average molecular weight is 368 g/mol. The molecule has 1 aromatic rings. The minimum Gasteiger partial charge on any atom is -0.387 e. The zero-order valence-electron chi connectivity index (χ0n) is 8.06. The zero-order chi connectivity index (χ0) is 13.2. The molecular formula is C8H6F5IN2O. The van der Waals surface area contributed by atoms with Crippen molar-refractivity contribution in [2.45, 2.75) is 19.3 Å². The van der Waals surface area contributed by atoms with Gasteiger partial charge in [0.2, 0.25) is 5.88 Å². The van der Waals surface area contributed by atoms with Crippen molar-refractivity contribution in [3.63, 3.8) is 0 Å². The van der Waals surface area contributed by atoms with Gasteiger partial charge in [0.25, 0.3) is 6.43 Å². The number of hydrogen-bond donors (Lipinski definition) is 1. The highest BCUT2D eigenvalue weighted by Gasteiger charge is 2.35. The summed E-state index contributed by atoms with van der Waals surface area (Å²) in [5.41, 5.74) is 4.14. The van der Waals surface area contributed by atoms with E-state index in [1.165, 1.54) is 6.07 Å². The first kappa shape index (κ1) is 14.4. The Hall–Kier alpha value is -0.710. The summed E-state index contributed by atoms with van der Waals surface area (Å²) in [5.74, 6) is -1.15. The normalized spacial score (nSPS) is 12.0. The molecule has 1 rings (SSSR count). The molecule has 0 spiro atoms. The van der Waals surface area contributed by atoms with E-state index in [0.717, 1.165) is 0 Å². The lowest BCUT2D eigenvalue weighted by Crippen LogP contribution is -2.20. The van der Waals surface area contributed by atoms with Crippen LogP contribution in [-0.2, 0) is 6.54 Å². The number of pyridine rings is 1. The summed E-state index contributed by atoms with van der Waals surface area (Å²) in [5, 5.41) is 0. The molecule has 0 aliphatic heterocycles. The van der Waals surface area contributed by atoms with Crippen LogP contribution in [0.5, 0.6) is 5.88 Å². The summed E-state index contributed by atoms with van der Waals surface area (Å²) in [6, 6.07) is 1.19. The molecular weight excluding hydrogens is 362 g/mol. The van der Waals surface area contributed by atoms with E-state index in [1.807, 2.05) is 0 Å². The lowest BCUT2D eigenvalue weighted by atomic mass is 10.1. The van der Waals surface area contributed by atoms with Crippen molar-refractivity contribution in [1.29, 1.82) is 0 Å². The van der Waals surface area contributed by atoms with Gasteiger partial charge in [-0.15, -0.1) is 13.2 Å². The molecule has 0 radical (unpaired) electrons. The van der Waals surface area contributed by atoms with Gasteiger partial charge >= 0.3 is 6.36 Å². The summed E-state index contributed by atoms with van der Waals surface area (Å²) in [6.07, 6.45) is -8.22. The predicted molar refractivity (Wildman–Crippen MR) is 56.5 cm³/mol. The van der Waals surface area contributed by atoms with Gasteiger partial charge in [-0.05, 0) is 34.2 Å². The fraction of sp³-hybridized carbons (Fsp3) is 0.375. The Morgan fingerprint density at radius 2 is 2.00 bits per heavy atom. The Balaban J connectivity index is 3.30. The molecule has 96 valence electrons. The van der Waals surface area contributed by atoms with Crippen LogP contribution in [0.3, 0.4) is 0 Å². The molecule has 0 unspecified atom stereocenters. The van der Waals surface area contributed by atoms with Crippen LogP contribution in [0.2, 0.25) is 0 Å². The van der Waals surface area contributed by atoms with Crippen LogP contribution in [0, 0.1) is 3.70 Å². The van der Waals surface area contributed by atoms with Crippen molar-refractivity contribution < 1.29 is 26.7 Å². The Bertz CT molecular complexity index is 410. The molecule has 0 aromatic carbocycles.